The third-order valence-corrected chi connectivity index (χ3v) is 3.78. The molecule has 124 valence electrons. The highest BCUT2D eigenvalue weighted by molar-refractivity contribution is 5.83. The Hall–Kier alpha value is -4.52. The molecule has 0 aliphatic rings. The maximum atomic E-state index is 9.24. The first-order valence-electron chi connectivity index (χ1n) is 7.75. The zero-order valence-corrected chi connectivity index (χ0v) is 14.2. The van der Waals surface area contributed by atoms with E-state index in [0.717, 1.165) is 0 Å². The van der Waals surface area contributed by atoms with Crippen LogP contribution in [0.3, 0.4) is 0 Å². The summed E-state index contributed by atoms with van der Waals surface area (Å²) in [5.74, 6) is 0. The van der Waals surface area contributed by atoms with E-state index in [0.29, 0.717) is 50.8 Å². The SMILES string of the molecule is [C-]#[N+]c1cc(C#N)cc(-c2ncc(C)nc2-c2cc([N+]#[C-])cc([N+]#[C-])c2)c1. The van der Waals surface area contributed by atoms with Gasteiger partial charge in [0, 0.05) is 11.8 Å². The summed E-state index contributed by atoms with van der Waals surface area (Å²) in [4.78, 5) is 19.3. The van der Waals surface area contributed by atoms with Gasteiger partial charge in [-0.3, -0.25) is 4.98 Å². The number of hydrogen-bond donors (Lipinski definition) is 0. The van der Waals surface area contributed by atoms with Crippen LogP contribution in [0.4, 0.5) is 17.1 Å². The number of hydrogen-bond acceptors (Lipinski definition) is 3. The molecule has 0 N–H and O–H groups in total. The molecule has 0 unspecified atom stereocenters. The molecule has 0 fully saturated rings. The minimum atomic E-state index is 0.328. The van der Waals surface area contributed by atoms with Crippen molar-refractivity contribution in [2.24, 2.45) is 0 Å². The minimum absolute atomic E-state index is 0.328. The van der Waals surface area contributed by atoms with E-state index in [-0.39, 0.29) is 0 Å². The molecule has 1 heterocycles. The second kappa shape index (κ2) is 7.16. The highest BCUT2D eigenvalue weighted by Crippen LogP contribution is 2.35. The van der Waals surface area contributed by atoms with Crippen LogP contribution in [0.15, 0.2) is 42.6 Å². The normalized spacial score (nSPS) is 9.52. The Morgan fingerprint density at radius 1 is 0.815 bits per heavy atom. The smallest absolute Gasteiger partial charge is 0.189 e. The maximum absolute atomic E-state index is 9.24. The van der Waals surface area contributed by atoms with Gasteiger partial charge in [-0.15, -0.1) is 0 Å². The predicted molar refractivity (Wildman–Crippen MR) is 101 cm³/mol. The fourth-order valence-corrected chi connectivity index (χ4v) is 2.63. The number of aromatic nitrogens is 2. The van der Waals surface area contributed by atoms with Crippen molar-refractivity contribution < 1.29 is 0 Å². The lowest BCUT2D eigenvalue weighted by molar-refractivity contribution is 1.13. The predicted octanol–water partition coefficient (Wildman–Crippen LogP) is 5.64. The molecular formula is C21H10N6. The van der Waals surface area contributed by atoms with Gasteiger partial charge in [0.05, 0.1) is 42.9 Å². The topological polar surface area (TPSA) is 62.6 Å². The van der Waals surface area contributed by atoms with Gasteiger partial charge >= 0.3 is 0 Å². The zero-order valence-electron chi connectivity index (χ0n) is 14.2. The van der Waals surface area contributed by atoms with Gasteiger partial charge in [0.2, 0.25) is 0 Å². The first-order chi connectivity index (χ1) is 13.1. The first-order valence-corrected chi connectivity index (χ1v) is 7.75. The molecule has 0 aliphatic heterocycles. The third kappa shape index (κ3) is 3.47. The molecule has 6 nitrogen and oxygen atoms in total. The van der Waals surface area contributed by atoms with Crippen LogP contribution in [-0.4, -0.2) is 9.97 Å². The van der Waals surface area contributed by atoms with Crippen LogP contribution in [-0.2, 0) is 0 Å². The number of aryl methyl sites for hydroxylation is 1. The van der Waals surface area contributed by atoms with E-state index in [1.165, 1.54) is 12.1 Å². The fraction of sp³-hybridized carbons (Fsp3) is 0.0476. The summed E-state index contributed by atoms with van der Waals surface area (Å²) in [5.41, 5.74) is 4.18. The number of benzene rings is 2. The van der Waals surface area contributed by atoms with Crippen molar-refractivity contribution in [3.8, 4) is 28.6 Å². The van der Waals surface area contributed by atoms with Crippen LogP contribution in [0.1, 0.15) is 11.3 Å². The molecule has 1 aromatic heterocycles. The molecular weight excluding hydrogens is 336 g/mol. The van der Waals surface area contributed by atoms with E-state index in [4.69, 9.17) is 19.7 Å². The molecule has 27 heavy (non-hydrogen) atoms. The van der Waals surface area contributed by atoms with Crippen LogP contribution in [0.5, 0.6) is 0 Å². The average Bonchev–Trinajstić information content (AvgIpc) is 2.72. The van der Waals surface area contributed by atoms with E-state index >= 15 is 0 Å². The van der Waals surface area contributed by atoms with Crippen molar-refractivity contribution in [1.29, 1.82) is 5.26 Å². The Kier molecular flexibility index (Phi) is 4.59. The maximum Gasteiger partial charge on any atom is 0.189 e. The highest BCUT2D eigenvalue weighted by Gasteiger charge is 2.14. The minimum Gasteiger partial charge on any atom is -0.252 e. The van der Waals surface area contributed by atoms with Gasteiger partial charge in [-0.1, -0.05) is 6.07 Å². The molecule has 0 saturated carbocycles. The van der Waals surface area contributed by atoms with Crippen LogP contribution in [0.25, 0.3) is 37.0 Å². The molecule has 0 radical (unpaired) electrons. The summed E-state index contributed by atoms with van der Waals surface area (Å²) < 4.78 is 0. The monoisotopic (exact) mass is 346 g/mol. The molecule has 0 spiro atoms. The van der Waals surface area contributed by atoms with Crippen molar-refractivity contribution in [3.05, 3.63) is 88.1 Å². The third-order valence-electron chi connectivity index (χ3n) is 3.78. The molecule has 0 atom stereocenters. The van der Waals surface area contributed by atoms with Gasteiger partial charge in [-0.2, -0.15) is 5.26 Å². The van der Waals surface area contributed by atoms with Gasteiger partial charge in [-0.25, -0.2) is 19.5 Å². The zero-order chi connectivity index (χ0) is 19.4. The van der Waals surface area contributed by atoms with Crippen LogP contribution < -0.4 is 0 Å². The summed E-state index contributed by atoms with van der Waals surface area (Å²) in [6.45, 7) is 23.6. The lowest BCUT2D eigenvalue weighted by Crippen LogP contribution is -1.96. The van der Waals surface area contributed by atoms with Crippen LogP contribution in [0, 0.1) is 38.0 Å². The molecule has 0 saturated heterocycles. The fourth-order valence-electron chi connectivity index (χ4n) is 2.63. The molecule has 3 rings (SSSR count). The molecule has 0 bridgehead atoms. The first kappa shape index (κ1) is 17.3. The second-order valence-corrected chi connectivity index (χ2v) is 5.66. The second-order valence-electron chi connectivity index (χ2n) is 5.66. The molecule has 6 heteroatoms. The van der Waals surface area contributed by atoms with E-state index in [9.17, 15) is 5.26 Å². The van der Waals surface area contributed by atoms with Gasteiger partial charge in [0.25, 0.3) is 0 Å². The van der Waals surface area contributed by atoms with Crippen molar-refractivity contribution in [1.82, 2.24) is 9.97 Å². The summed E-state index contributed by atoms with van der Waals surface area (Å²) in [7, 11) is 0. The van der Waals surface area contributed by atoms with E-state index in [1.807, 2.05) is 6.07 Å². The summed E-state index contributed by atoms with van der Waals surface area (Å²) in [6.07, 6.45) is 1.60. The van der Waals surface area contributed by atoms with Gasteiger partial charge in [0.1, 0.15) is 0 Å². The lowest BCUT2D eigenvalue weighted by Gasteiger charge is -2.11. The Morgan fingerprint density at radius 2 is 1.37 bits per heavy atom. The van der Waals surface area contributed by atoms with E-state index < -0.39 is 0 Å². The Balaban J connectivity index is 2.32. The molecule has 3 aromatic rings. The van der Waals surface area contributed by atoms with Gasteiger partial charge in [-0.05, 0) is 48.4 Å². The van der Waals surface area contributed by atoms with Crippen molar-refractivity contribution >= 4 is 17.1 Å². The molecule has 2 aromatic carbocycles. The Labute approximate surface area is 156 Å². The van der Waals surface area contributed by atoms with Crippen molar-refractivity contribution in [2.45, 2.75) is 6.92 Å². The molecule has 0 amide bonds. The van der Waals surface area contributed by atoms with Gasteiger partial charge in [0.15, 0.2) is 17.1 Å². The van der Waals surface area contributed by atoms with Crippen LogP contribution >= 0.6 is 0 Å². The quantitative estimate of drug-likeness (QED) is 0.564. The highest BCUT2D eigenvalue weighted by atomic mass is 14.8. The summed E-state index contributed by atoms with van der Waals surface area (Å²) in [5, 5.41) is 9.24. The largest absolute Gasteiger partial charge is 0.252 e. The van der Waals surface area contributed by atoms with Crippen molar-refractivity contribution in [3.63, 3.8) is 0 Å². The Bertz CT molecular complexity index is 1160. The number of rotatable bonds is 2. The van der Waals surface area contributed by atoms with E-state index in [2.05, 4.69) is 24.5 Å². The number of nitrogens with zero attached hydrogens (tertiary/aromatic N) is 6. The van der Waals surface area contributed by atoms with Crippen LogP contribution in [0.2, 0.25) is 0 Å². The van der Waals surface area contributed by atoms with Gasteiger partial charge < -0.3 is 0 Å². The summed E-state index contributed by atoms with van der Waals surface area (Å²) >= 11 is 0. The average molecular weight is 346 g/mol. The standard InChI is InChI=1S/C21H10N6/c1-13-12-26-20(15-5-14(11-22)6-17(7-15)23-2)21(27-13)16-8-18(24-3)10-19(9-16)25-4/h5-10,12H,1H3. The van der Waals surface area contributed by atoms with Crippen molar-refractivity contribution in [2.75, 3.05) is 0 Å². The Morgan fingerprint density at radius 3 is 1.93 bits per heavy atom. The lowest BCUT2D eigenvalue weighted by atomic mass is 10.0. The van der Waals surface area contributed by atoms with E-state index in [1.54, 1.807) is 37.4 Å². The summed E-state index contributed by atoms with van der Waals surface area (Å²) in [6, 6.07) is 11.7. The molecule has 0 aliphatic carbocycles. The number of nitriles is 1.